The first-order valence-electron chi connectivity index (χ1n) is 6.77. The summed E-state index contributed by atoms with van der Waals surface area (Å²) in [5.41, 5.74) is 4.86. The Morgan fingerprint density at radius 3 is 2.78 bits per heavy atom. The number of hydrogen-bond donors (Lipinski definition) is 1. The molecule has 0 atom stereocenters. The van der Waals surface area contributed by atoms with Crippen LogP contribution in [0, 0.1) is 3.57 Å². The maximum atomic E-state index is 5.34. The molecular formula is C16H14IN3O2S. The Morgan fingerprint density at radius 1 is 1.22 bits per heavy atom. The average molecular weight is 439 g/mol. The Hall–Kier alpha value is -1.87. The van der Waals surface area contributed by atoms with E-state index in [0.717, 1.165) is 30.2 Å². The van der Waals surface area contributed by atoms with Crippen molar-refractivity contribution in [1.82, 2.24) is 4.98 Å². The Morgan fingerprint density at radius 2 is 2.04 bits per heavy atom. The van der Waals surface area contributed by atoms with E-state index in [9.17, 15) is 0 Å². The van der Waals surface area contributed by atoms with Crippen molar-refractivity contribution >= 4 is 55.5 Å². The standard InChI is InChI=1S/C16H14IN3O2S/c1-21-13-8-10(7-11(17)15(13)22-2)9-18-20-16-19-12-5-3-4-6-14(12)23-16/h3-9H,1-2H3,(H,19,20). The van der Waals surface area contributed by atoms with Crippen LogP contribution in [0.25, 0.3) is 10.2 Å². The molecule has 3 aromatic rings. The SMILES string of the molecule is COc1cc(C=NNc2nc3ccccc3s2)cc(I)c1OC. The van der Waals surface area contributed by atoms with Crippen molar-refractivity contribution in [2.75, 3.05) is 19.6 Å². The zero-order chi connectivity index (χ0) is 16.2. The third kappa shape index (κ3) is 3.56. The van der Waals surface area contributed by atoms with Crippen LogP contribution >= 0.6 is 33.9 Å². The third-order valence-corrected chi connectivity index (χ3v) is 4.87. The Bertz CT molecular complexity index is 831. The van der Waals surface area contributed by atoms with Crippen molar-refractivity contribution in [3.05, 3.63) is 45.5 Å². The number of methoxy groups -OCH3 is 2. The van der Waals surface area contributed by atoms with Crippen LogP contribution in [0.15, 0.2) is 41.5 Å². The number of anilines is 1. The van der Waals surface area contributed by atoms with Gasteiger partial charge in [-0.2, -0.15) is 5.10 Å². The van der Waals surface area contributed by atoms with E-state index < -0.39 is 0 Å². The predicted molar refractivity (Wildman–Crippen MR) is 103 cm³/mol. The molecule has 23 heavy (non-hydrogen) atoms. The van der Waals surface area contributed by atoms with Crippen LogP contribution in [-0.4, -0.2) is 25.4 Å². The second-order valence-electron chi connectivity index (χ2n) is 4.59. The summed E-state index contributed by atoms with van der Waals surface area (Å²) in [4.78, 5) is 4.47. The number of halogens is 1. The normalized spacial score (nSPS) is 11.1. The minimum atomic E-state index is 0.681. The maximum absolute atomic E-state index is 5.34. The smallest absolute Gasteiger partial charge is 0.204 e. The molecule has 0 radical (unpaired) electrons. The van der Waals surface area contributed by atoms with Crippen LogP contribution in [0.4, 0.5) is 5.13 Å². The van der Waals surface area contributed by atoms with Crippen molar-refractivity contribution in [3.8, 4) is 11.5 Å². The van der Waals surface area contributed by atoms with E-state index in [1.54, 1.807) is 31.8 Å². The number of hydrazone groups is 1. The van der Waals surface area contributed by atoms with Gasteiger partial charge in [0.15, 0.2) is 11.5 Å². The number of ether oxygens (including phenoxy) is 2. The maximum Gasteiger partial charge on any atom is 0.204 e. The number of benzene rings is 2. The van der Waals surface area contributed by atoms with Gasteiger partial charge in [-0.15, -0.1) is 0 Å². The summed E-state index contributed by atoms with van der Waals surface area (Å²) in [5, 5.41) is 5.01. The van der Waals surface area contributed by atoms with E-state index in [0.29, 0.717) is 5.75 Å². The zero-order valence-corrected chi connectivity index (χ0v) is 15.5. The Balaban J connectivity index is 1.78. The lowest BCUT2D eigenvalue weighted by atomic mass is 10.2. The average Bonchev–Trinajstić information content (AvgIpc) is 2.97. The van der Waals surface area contributed by atoms with Crippen molar-refractivity contribution in [2.45, 2.75) is 0 Å². The lowest BCUT2D eigenvalue weighted by Crippen LogP contribution is -1.96. The first-order valence-corrected chi connectivity index (χ1v) is 8.67. The van der Waals surface area contributed by atoms with E-state index in [2.05, 4.69) is 38.1 Å². The molecule has 0 saturated carbocycles. The molecule has 0 bridgehead atoms. The highest BCUT2D eigenvalue weighted by Gasteiger charge is 2.09. The van der Waals surface area contributed by atoms with Crippen molar-refractivity contribution < 1.29 is 9.47 Å². The summed E-state index contributed by atoms with van der Waals surface area (Å²) >= 11 is 3.78. The second kappa shape index (κ2) is 7.14. The quantitative estimate of drug-likeness (QED) is 0.365. The van der Waals surface area contributed by atoms with Gasteiger partial charge in [0, 0.05) is 0 Å². The molecule has 1 aromatic heterocycles. The lowest BCUT2D eigenvalue weighted by Gasteiger charge is -2.10. The van der Waals surface area contributed by atoms with Crippen molar-refractivity contribution in [1.29, 1.82) is 0 Å². The van der Waals surface area contributed by atoms with Crippen LogP contribution in [-0.2, 0) is 0 Å². The molecule has 0 spiro atoms. The molecule has 0 aliphatic rings. The van der Waals surface area contributed by atoms with Crippen molar-refractivity contribution in [3.63, 3.8) is 0 Å². The summed E-state index contributed by atoms with van der Waals surface area (Å²) in [5.74, 6) is 1.41. The number of nitrogens with one attached hydrogen (secondary N) is 1. The monoisotopic (exact) mass is 439 g/mol. The van der Waals surface area contributed by atoms with Gasteiger partial charge in [-0.3, -0.25) is 5.43 Å². The van der Waals surface area contributed by atoms with Gasteiger partial charge < -0.3 is 9.47 Å². The molecule has 0 aliphatic heterocycles. The third-order valence-electron chi connectivity index (χ3n) is 3.12. The van der Waals surface area contributed by atoms with Crippen LogP contribution in [0.5, 0.6) is 11.5 Å². The fraction of sp³-hybridized carbons (Fsp3) is 0.125. The molecular weight excluding hydrogens is 425 g/mol. The van der Waals surface area contributed by atoms with Crippen molar-refractivity contribution in [2.24, 2.45) is 5.10 Å². The van der Waals surface area contributed by atoms with E-state index >= 15 is 0 Å². The van der Waals surface area contributed by atoms with Gasteiger partial charge >= 0.3 is 0 Å². The zero-order valence-electron chi connectivity index (χ0n) is 12.5. The highest BCUT2D eigenvalue weighted by molar-refractivity contribution is 14.1. The molecule has 3 rings (SSSR count). The molecule has 1 heterocycles. The minimum Gasteiger partial charge on any atom is -0.493 e. The lowest BCUT2D eigenvalue weighted by molar-refractivity contribution is 0.353. The first kappa shape index (κ1) is 16.0. The second-order valence-corrected chi connectivity index (χ2v) is 6.79. The largest absolute Gasteiger partial charge is 0.493 e. The van der Waals surface area contributed by atoms with Crippen LogP contribution in [0.3, 0.4) is 0 Å². The van der Waals surface area contributed by atoms with Gasteiger partial charge in [0.1, 0.15) is 0 Å². The number of nitrogens with zero attached hydrogens (tertiary/aromatic N) is 2. The highest BCUT2D eigenvalue weighted by atomic mass is 127. The molecule has 118 valence electrons. The van der Waals surface area contributed by atoms with E-state index in [1.165, 1.54) is 0 Å². The number of aromatic nitrogens is 1. The summed E-state index contributed by atoms with van der Waals surface area (Å²) in [6.07, 6.45) is 1.73. The molecule has 0 saturated heterocycles. The molecule has 0 fully saturated rings. The molecule has 5 nitrogen and oxygen atoms in total. The van der Waals surface area contributed by atoms with E-state index in [4.69, 9.17) is 9.47 Å². The van der Waals surface area contributed by atoms with Gasteiger partial charge in [0.25, 0.3) is 0 Å². The summed E-state index contributed by atoms with van der Waals surface area (Å²) in [6.45, 7) is 0. The van der Waals surface area contributed by atoms with Gasteiger partial charge in [0.2, 0.25) is 5.13 Å². The highest BCUT2D eigenvalue weighted by Crippen LogP contribution is 2.33. The molecule has 1 N–H and O–H groups in total. The molecule has 0 amide bonds. The van der Waals surface area contributed by atoms with Gasteiger partial charge in [-0.25, -0.2) is 4.98 Å². The van der Waals surface area contributed by atoms with Gasteiger partial charge in [0.05, 0.1) is 34.2 Å². The van der Waals surface area contributed by atoms with E-state index in [-0.39, 0.29) is 0 Å². The molecule has 0 aliphatic carbocycles. The molecule has 2 aromatic carbocycles. The topological polar surface area (TPSA) is 55.7 Å². The summed E-state index contributed by atoms with van der Waals surface area (Å²) < 4.78 is 12.8. The molecule has 7 heteroatoms. The van der Waals surface area contributed by atoms with Crippen LogP contribution in [0.1, 0.15) is 5.56 Å². The number of fused-ring (bicyclic) bond motifs is 1. The van der Waals surface area contributed by atoms with Gasteiger partial charge in [-0.1, -0.05) is 23.5 Å². The fourth-order valence-electron chi connectivity index (χ4n) is 2.09. The van der Waals surface area contributed by atoms with E-state index in [1.807, 2.05) is 36.4 Å². The first-order chi connectivity index (χ1) is 11.2. The Labute approximate surface area is 151 Å². The minimum absolute atomic E-state index is 0.681. The number of para-hydroxylation sites is 1. The summed E-state index contributed by atoms with van der Waals surface area (Å²) in [7, 11) is 3.25. The number of thiazole rings is 1. The number of hydrogen-bond acceptors (Lipinski definition) is 6. The van der Waals surface area contributed by atoms with Crippen LogP contribution in [0.2, 0.25) is 0 Å². The van der Waals surface area contributed by atoms with Gasteiger partial charge in [-0.05, 0) is 52.4 Å². The number of rotatable bonds is 5. The predicted octanol–water partition coefficient (Wildman–Crippen LogP) is 4.36. The Kier molecular flexibility index (Phi) is 4.97. The molecule has 0 unspecified atom stereocenters. The summed E-state index contributed by atoms with van der Waals surface area (Å²) in [6, 6.07) is 11.9. The van der Waals surface area contributed by atoms with Crippen LogP contribution < -0.4 is 14.9 Å². The fourth-order valence-corrected chi connectivity index (χ4v) is 3.76.